The fourth-order valence-electron chi connectivity index (χ4n) is 3.74. The molecule has 0 amide bonds. The van der Waals surface area contributed by atoms with Gasteiger partial charge >= 0.3 is 5.97 Å². The molecule has 0 aliphatic heterocycles. The largest absolute Gasteiger partial charge is 0.461 e. The molecule has 0 aliphatic rings. The summed E-state index contributed by atoms with van der Waals surface area (Å²) in [6.07, 6.45) is 0. The summed E-state index contributed by atoms with van der Waals surface area (Å²) in [6, 6.07) is 6.48. The topological polar surface area (TPSA) is 94.9 Å². The van der Waals surface area contributed by atoms with E-state index in [9.17, 15) is 18.0 Å². The van der Waals surface area contributed by atoms with E-state index < -0.39 is 16.0 Å². The van der Waals surface area contributed by atoms with Crippen LogP contribution in [0, 0.1) is 20.8 Å². The van der Waals surface area contributed by atoms with E-state index in [-0.39, 0.29) is 37.0 Å². The maximum Gasteiger partial charge on any atom is 0.355 e. The van der Waals surface area contributed by atoms with E-state index in [1.807, 2.05) is 13.8 Å². The highest BCUT2D eigenvalue weighted by molar-refractivity contribution is 7.89. The van der Waals surface area contributed by atoms with Gasteiger partial charge in [-0.25, -0.2) is 13.2 Å². The summed E-state index contributed by atoms with van der Waals surface area (Å²) in [5.41, 5.74) is 2.70. The molecule has 2 aromatic rings. The van der Waals surface area contributed by atoms with Crippen molar-refractivity contribution in [2.24, 2.45) is 0 Å². The van der Waals surface area contributed by atoms with Crippen LogP contribution in [0.2, 0.25) is 0 Å². The molecule has 1 aromatic carbocycles. The van der Waals surface area contributed by atoms with Gasteiger partial charge in [0.05, 0.1) is 24.7 Å². The van der Waals surface area contributed by atoms with Gasteiger partial charge in [0, 0.05) is 31.5 Å². The van der Waals surface area contributed by atoms with Crippen molar-refractivity contribution in [1.29, 1.82) is 0 Å². The van der Waals surface area contributed by atoms with Crippen LogP contribution in [0.15, 0.2) is 29.2 Å². The van der Waals surface area contributed by atoms with E-state index in [4.69, 9.17) is 9.47 Å². The minimum Gasteiger partial charge on any atom is -0.461 e. The number of aromatic nitrogens is 1. The Morgan fingerprint density at radius 2 is 1.69 bits per heavy atom. The number of methoxy groups -OCH3 is 1. The highest BCUT2D eigenvalue weighted by atomic mass is 32.2. The van der Waals surface area contributed by atoms with Crippen LogP contribution in [-0.4, -0.2) is 62.5 Å². The van der Waals surface area contributed by atoms with Crippen LogP contribution >= 0.6 is 0 Å². The number of aryl methyl sites for hydroxylation is 1. The van der Waals surface area contributed by atoms with Crippen LogP contribution in [0.3, 0.4) is 0 Å². The third kappa shape index (κ3) is 5.28. The summed E-state index contributed by atoms with van der Waals surface area (Å²) in [4.78, 5) is 25.9. The first kappa shape index (κ1) is 25.8. The molecule has 0 radical (unpaired) electrons. The van der Waals surface area contributed by atoms with E-state index in [1.165, 1.54) is 19.2 Å². The van der Waals surface area contributed by atoms with E-state index in [0.717, 1.165) is 9.87 Å². The number of hydrogen-bond acceptors (Lipinski definition) is 6. The second-order valence-corrected chi connectivity index (χ2v) is 9.40. The second kappa shape index (κ2) is 10.9. The molecule has 0 atom stereocenters. The fourth-order valence-corrected chi connectivity index (χ4v) is 5.12. The Morgan fingerprint density at radius 3 is 2.22 bits per heavy atom. The van der Waals surface area contributed by atoms with Gasteiger partial charge in [0.25, 0.3) is 0 Å². The van der Waals surface area contributed by atoms with Crippen molar-refractivity contribution in [2.75, 3.05) is 33.4 Å². The lowest BCUT2D eigenvalue weighted by atomic mass is 10.1. The summed E-state index contributed by atoms with van der Waals surface area (Å²) < 4.78 is 39.6. The first-order chi connectivity index (χ1) is 15.1. The normalized spacial score (nSPS) is 11.7. The number of sulfonamides is 1. The second-order valence-electron chi connectivity index (χ2n) is 7.47. The van der Waals surface area contributed by atoms with Gasteiger partial charge in [-0.3, -0.25) is 4.79 Å². The number of carbonyl (C=O) groups is 2. The van der Waals surface area contributed by atoms with E-state index in [0.29, 0.717) is 29.1 Å². The van der Waals surface area contributed by atoms with Gasteiger partial charge in [0.2, 0.25) is 10.0 Å². The van der Waals surface area contributed by atoms with Crippen LogP contribution in [0.25, 0.3) is 0 Å². The molecule has 8 nitrogen and oxygen atoms in total. The van der Waals surface area contributed by atoms with Gasteiger partial charge in [-0.15, -0.1) is 0 Å². The molecule has 0 N–H and O–H groups in total. The van der Waals surface area contributed by atoms with Crippen molar-refractivity contribution >= 4 is 21.8 Å². The summed E-state index contributed by atoms with van der Waals surface area (Å²) in [5.74, 6) is -0.887. The predicted molar refractivity (Wildman–Crippen MR) is 122 cm³/mol. The van der Waals surface area contributed by atoms with Gasteiger partial charge in [-0.05, 0) is 52.3 Å². The Labute approximate surface area is 190 Å². The van der Waals surface area contributed by atoms with Crippen molar-refractivity contribution in [2.45, 2.75) is 46.1 Å². The standard InChI is InChI=1S/C23H32N2O6S/c1-7-25-18(5)21(17(4)22(25)23(27)31-8-2)20(26)15-24(13-14-30-6)32(28,29)19-11-9-16(3)10-12-19/h9-12H,7-8,13-15H2,1-6H3. The zero-order valence-electron chi connectivity index (χ0n) is 19.6. The number of ether oxygens (including phenoxy) is 2. The number of rotatable bonds is 11. The summed E-state index contributed by atoms with van der Waals surface area (Å²) in [6.45, 7) is 9.39. The summed E-state index contributed by atoms with van der Waals surface area (Å²) >= 11 is 0. The third-order valence-electron chi connectivity index (χ3n) is 5.35. The van der Waals surface area contributed by atoms with Crippen molar-refractivity contribution in [1.82, 2.24) is 8.87 Å². The summed E-state index contributed by atoms with van der Waals surface area (Å²) in [5, 5.41) is 0. The maximum atomic E-state index is 13.3. The molecule has 9 heteroatoms. The van der Waals surface area contributed by atoms with Crippen molar-refractivity contribution in [3.8, 4) is 0 Å². The lowest BCUT2D eigenvalue weighted by Crippen LogP contribution is -2.38. The van der Waals surface area contributed by atoms with Gasteiger partial charge in [0.15, 0.2) is 5.78 Å². The van der Waals surface area contributed by atoms with Crippen molar-refractivity contribution in [3.05, 3.63) is 52.3 Å². The average molecular weight is 465 g/mol. The molecule has 2 rings (SSSR count). The SMILES string of the molecule is CCOC(=O)c1c(C)c(C(=O)CN(CCOC)S(=O)(=O)c2ccc(C)cc2)c(C)n1CC. The Morgan fingerprint density at radius 1 is 1.06 bits per heavy atom. The third-order valence-corrected chi connectivity index (χ3v) is 7.21. The predicted octanol–water partition coefficient (Wildman–Crippen LogP) is 3.13. The smallest absolute Gasteiger partial charge is 0.355 e. The molecule has 0 spiro atoms. The molecule has 32 heavy (non-hydrogen) atoms. The Hall–Kier alpha value is -2.49. The minimum atomic E-state index is -3.92. The molecular weight excluding hydrogens is 432 g/mol. The zero-order valence-corrected chi connectivity index (χ0v) is 20.4. The van der Waals surface area contributed by atoms with E-state index >= 15 is 0 Å². The number of benzene rings is 1. The van der Waals surface area contributed by atoms with Gasteiger partial charge < -0.3 is 14.0 Å². The molecule has 0 unspecified atom stereocenters. The van der Waals surface area contributed by atoms with E-state index in [2.05, 4.69) is 0 Å². The number of hydrogen-bond donors (Lipinski definition) is 0. The highest BCUT2D eigenvalue weighted by Crippen LogP contribution is 2.25. The molecule has 1 heterocycles. The molecule has 176 valence electrons. The van der Waals surface area contributed by atoms with Gasteiger partial charge in [-0.2, -0.15) is 4.31 Å². The first-order valence-corrected chi connectivity index (χ1v) is 12.0. The molecular formula is C23H32N2O6S. The number of esters is 1. The average Bonchev–Trinajstić information content (AvgIpc) is 3.00. The molecule has 0 saturated heterocycles. The lowest BCUT2D eigenvalue weighted by Gasteiger charge is -2.21. The number of carbonyl (C=O) groups excluding carboxylic acids is 2. The van der Waals surface area contributed by atoms with Gasteiger partial charge in [-0.1, -0.05) is 17.7 Å². The lowest BCUT2D eigenvalue weighted by molar-refractivity contribution is 0.0512. The quantitative estimate of drug-likeness (QED) is 0.375. The zero-order chi connectivity index (χ0) is 24.1. The van der Waals surface area contributed by atoms with Gasteiger partial charge in [0.1, 0.15) is 5.69 Å². The van der Waals surface area contributed by atoms with E-state index in [1.54, 1.807) is 37.5 Å². The molecule has 0 fully saturated rings. The molecule has 0 bridgehead atoms. The van der Waals surface area contributed by atoms with Crippen LogP contribution in [-0.2, 0) is 26.0 Å². The minimum absolute atomic E-state index is 0.0236. The number of ketones is 1. The van der Waals surface area contributed by atoms with Crippen LogP contribution < -0.4 is 0 Å². The molecule has 0 aliphatic carbocycles. The number of nitrogens with zero attached hydrogens (tertiary/aromatic N) is 2. The van der Waals surface area contributed by atoms with Crippen molar-refractivity contribution in [3.63, 3.8) is 0 Å². The number of Topliss-reactive ketones (excluding diaryl/α,β-unsaturated/α-hetero) is 1. The first-order valence-electron chi connectivity index (χ1n) is 10.6. The Balaban J connectivity index is 2.46. The van der Waals surface area contributed by atoms with Crippen LogP contribution in [0.5, 0.6) is 0 Å². The summed E-state index contributed by atoms with van der Waals surface area (Å²) in [7, 11) is -2.45. The van der Waals surface area contributed by atoms with Crippen LogP contribution in [0.4, 0.5) is 0 Å². The highest BCUT2D eigenvalue weighted by Gasteiger charge is 2.31. The Bertz CT molecular complexity index is 1070. The molecule has 0 saturated carbocycles. The molecule has 1 aromatic heterocycles. The Kier molecular flexibility index (Phi) is 8.77. The maximum absolute atomic E-state index is 13.3. The van der Waals surface area contributed by atoms with Crippen molar-refractivity contribution < 1.29 is 27.5 Å². The fraction of sp³-hybridized carbons (Fsp3) is 0.478. The monoisotopic (exact) mass is 464 g/mol. The van der Waals surface area contributed by atoms with Crippen LogP contribution in [0.1, 0.15) is 51.5 Å².